The van der Waals surface area contributed by atoms with Crippen molar-refractivity contribution >= 4 is 32.5 Å². The van der Waals surface area contributed by atoms with Gasteiger partial charge in [0, 0.05) is 36.5 Å². The number of methoxy groups -OCH3 is 1. The summed E-state index contributed by atoms with van der Waals surface area (Å²) in [6.07, 6.45) is 3.16. The highest BCUT2D eigenvalue weighted by Gasteiger charge is 2.55. The maximum Gasteiger partial charge on any atom is 0.239 e. The van der Waals surface area contributed by atoms with E-state index in [1.54, 1.807) is 30.3 Å². The number of quaternary nitrogens is 1. The highest BCUT2D eigenvalue weighted by Crippen LogP contribution is 2.45. The number of fused-ring (bicyclic) bond motifs is 5. The van der Waals surface area contributed by atoms with Crippen molar-refractivity contribution < 1.29 is 49.9 Å². The van der Waals surface area contributed by atoms with Crippen molar-refractivity contribution in [3.05, 3.63) is 53.5 Å². The third-order valence-electron chi connectivity index (χ3n) is 8.44. The summed E-state index contributed by atoms with van der Waals surface area (Å²) < 4.78 is 50.9. The molecule has 5 heterocycles. The summed E-state index contributed by atoms with van der Waals surface area (Å²) in [6, 6.07) is 8.42. The van der Waals surface area contributed by atoms with Crippen molar-refractivity contribution in [3.63, 3.8) is 0 Å². The van der Waals surface area contributed by atoms with Crippen LogP contribution < -0.4 is 27.8 Å². The molecule has 2 aromatic heterocycles. The molecule has 2 saturated heterocycles. The van der Waals surface area contributed by atoms with E-state index in [4.69, 9.17) is 9.47 Å². The van der Waals surface area contributed by atoms with Gasteiger partial charge in [0.1, 0.15) is 30.3 Å². The van der Waals surface area contributed by atoms with Crippen LogP contribution in [0.1, 0.15) is 36.8 Å². The summed E-state index contributed by atoms with van der Waals surface area (Å²) in [7, 11) is -2.12. The van der Waals surface area contributed by atoms with Crippen LogP contribution in [0.3, 0.4) is 0 Å². The van der Waals surface area contributed by atoms with E-state index in [-0.39, 0.29) is 29.3 Å². The largest absolute Gasteiger partial charge is 1.00 e. The van der Waals surface area contributed by atoms with Crippen LogP contribution in [-0.4, -0.2) is 66.1 Å². The van der Waals surface area contributed by atoms with Gasteiger partial charge in [-0.25, -0.2) is 17.8 Å². The van der Waals surface area contributed by atoms with Crippen molar-refractivity contribution in [2.75, 3.05) is 24.8 Å². The lowest BCUT2D eigenvalue weighted by Gasteiger charge is -2.53. The van der Waals surface area contributed by atoms with Crippen LogP contribution >= 0.6 is 0 Å². The average Bonchev–Trinajstić information content (AvgIpc) is 2.93. The van der Waals surface area contributed by atoms with E-state index < -0.39 is 39.0 Å². The van der Waals surface area contributed by atoms with Crippen molar-refractivity contribution in [2.45, 2.75) is 60.8 Å². The molecule has 1 saturated carbocycles. The Bertz CT molecular complexity index is 1560. The first-order valence-corrected chi connectivity index (χ1v) is 14.6. The summed E-state index contributed by atoms with van der Waals surface area (Å²) in [6.45, 7) is 1.02. The summed E-state index contributed by atoms with van der Waals surface area (Å²) in [5.41, 5.74) is 1.47. The number of nitrogens with zero attached hydrogens (tertiary/aromatic N) is 2. The van der Waals surface area contributed by atoms with Gasteiger partial charge in [0.15, 0.2) is 9.84 Å². The lowest BCUT2D eigenvalue weighted by Crippen LogP contribution is -3.00. The third-order valence-corrected chi connectivity index (χ3v) is 10.1. The number of carbonyl (C=O) groups is 1. The summed E-state index contributed by atoms with van der Waals surface area (Å²) >= 11 is 0. The minimum Gasteiger partial charge on any atom is -1.00 e. The minimum absolute atomic E-state index is 0. The number of nitrogens with two attached hydrogens (primary N) is 1. The number of nitrogens with one attached hydrogen (secondary N) is 1. The number of anilines is 1. The molecule has 0 spiro atoms. The van der Waals surface area contributed by atoms with E-state index in [2.05, 4.69) is 20.6 Å². The zero-order valence-electron chi connectivity index (χ0n) is 21.8. The molecule has 4 aliphatic rings. The van der Waals surface area contributed by atoms with E-state index in [1.165, 1.54) is 7.11 Å². The zero-order valence-corrected chi connectivity index (χ0v) is 23.4. The minimum atomic E-state index is -3.61. The number of sulfone groups is 1. The van der Waals surface area contributed by atoms with Gasteiger partial charge in [-0.15, -0.1) is 0 Å². The van der Waals surface area contributed by atoms with E-state index >= 15 is 0 Å². The number of ether oxygens (including phenoxy) is 2. The van der Waals surface area contributed by atoms with E-state index in [0.717, 1.165) is 24.6 Å². The predicted molar refractivity (Wildman–Crippen MR) is 138 cm³/mol. The number of hydrogen-bond acceptors (Lipinski definition) is 8. The van der Waals surface area contributed by atoms with Crippen LogP contribution in [0.15, 0.2) is 41.4 Å². The van der Waals surface area contributed by atoms with E-state index in [1.807, 2.05) is 0 Å². The Labute approximate surface area is 237 Å². The molecule has 1 unspecified atom stereocenters. The molecule has 7 rings (SSSR count). The molecule has 13 heteroatoms. The third kappa shape index (κ3) is 5.03. The monoisotopic (exact) mass is 592 g/mol. The lowest BCUT2D eigenvalue weighted by atomic mass is 9.68. The number of aliphatic hydroxyl groups is 1. The first kappa shape index (κ1) is 28.6. The van der Waals surface area contributed by atoms with Crippen LogP contribution in [0.2, 0.25) is 0 Å². The quantitative estimate of drug-likeness (QED) is 0.293. The van der Waals surface area contributed by atoms with E-state index in [0.29, 0.717) is 54.2 Å². The zero-order chi connectivity index (χ0) is 27.4. The second-order valence-electron chi connectivity index (χ2n) is 10.8. The van der Waals surface area contributed by atoms with Crippen LogP contribution in [0.4, 0.5) is 10.1 Å². The van der Waals surface area contributed by atoms with Crippen molar-refractivity contribution in [1.82, 2.24) is 9.97 Å². The molecular weight excluding hydrogens is 563 g/mol. The molecule has 214 valence electrons. The van der Waals surface area contributed by atoms with Gasteiger partial charge in [-0.3, -0.25) is 9.78 Å². The van der Waals surface area contributed by atoms with Gasteiger partial charge in [0.25, 0.3) is 0 Å². The average molecular weight is 593 g/mol. The van der Waals surface area contributed by atoms with Gasteiger partial charge in [0.05, 0.1) is 46.6 Å². The highest BCUT2D eigenvalue weighted by molar-refractivity contribution is 7.92. The molecule has 2 bridgehead atoms. The second kappa shape index (κ2) is 10.5. The number of amides is 1. The molecule has 3 aliphatic heterocycles. The Balaban J connectivity index is 0.00000323. The number of aliphatic hydroxyl groups excluding tert-OH is 1. The molecule has 1 atom stereocenters. The Kier molecular flexibility index (Phi) is 7.51. The maximum atomic E-state index is 14.9. The Morgan fingerprint density at radius 2 is 2.00 bits per heavy atom. The van der Waals surface area contributed by atoms with E-state index in [9.17, 15) is 22.7 Å². The SMILES string of the molecule is COc1ccc2ncc(F)c(CC(O)C34CCC([NH2+]Cc5ccc6c(c5)NC(=O)CS6(=O)=O)(CC3)CO4)c2n1.[Cl-]. The molecular formula is C27H30ClFN4O6S. The van der Waals surface area contributed by atoms with Crippen LogP contribution in [0.5, 0.6) is 5.88 Å². The molecule has 1 amide bonds. The Morgan fingerprint density at radius 3 is 2.70 bits per heavy atom. The van der Waals surface area contributed by atoms with Crippen LogP contribution in [0, 0.1) is 5.82 Å². The van der Waals surface area contributed by atoms with Gasteiger partial charge < -0.3 is 37.6 Å². The first-order chi connectivity index (χ1) is 18.6. The number of benzene rings is 1. The molecule has 1 aliphatic carbocycles. The smallest absolute Gasteiger partial charge is 0.239 e. The normalized spacial score (nSPS) is 25.5. The van der Waals surface area contributed by atoms with Crippen molar-refractivity contribution in [1.29, 1.82) is 0 Å². The number of rotatable bonds is 7. The molecule has 3 fully saturated rings. The van der Waals surface area contributed by atoms with Crippen molar-refractivity contribution in [3.8, 4) is 5.88 Å². The van der Waals surface area contributed by atoms with Gasteiger partial charge in [-0.1, -0.05) is 6.07 Å². The molecule has 4 N–H and O–H groups in total. The molecule has 10 nitrogen and oxygen atoms in total. The second-order valence-corrected chi connectivity index (χ2v) is 12.7. The number of pyridine rings is 2. The topological polar surface area (TPSA) is 144 Å². The van der Waals surface area contributed by atoms with Crippen LogP contribution in [0.25, 0.3) is 11.0 Å². The van der Waals surface area contributed by atoms with Gasteiger partial charge in [-0.2, -0.15) is 0 Å². The predicted octanol–water partition coefficient (Wildman–Crippen LogP) is -1.74. The number of aromatic nitrogens is 2. The molecule has 40 heavy (non-hydrogen) atoms. The molecule has 3 aromatic rings. The number of hydrogen-bond donors (Lipinski definition) is 3. The van der Waals surface area contributed by atoms with Gasteiger partial charge in [0.2, 0.25) is 11.8 Å². The Hall–Kier alpha value is -2.90. The van der Waals surface area contributed by atoms with Gasteiger partial charge >= 0.3 is 0 Å². The van der Waals surface area contributed by atoms with Crippen LogP contribution in [-0.2, 0) is 32.3 Å². The summed E-state index contributed by atoms with van der Waals surface area (Å²) in [5.74, 6) is -1.24. The molecule has 0 radical (unpaired) electrons. The van der Waals surface area contributed by atoms with Gasteiger partial charge in [-0.05, 0) is 31.0 Å². The summed E-state index contributed by atoms with van der Waals surface area (Å²) in [4.78, 5) is 20.4. The fourth-order valence-corrected chi connectivity index (χ4v) is 7.34. The molecule has 1 aromatic carbocycles. The number of halogens is 2. The fourth-order valence-electron chi connectivity index (χ4n) is 6.05. The highest BCUT2D eigenvalue weighted by atomic mass is 35.5. The standard InChI is InChI=1S/C27H29FN4O6S.ClH/c1-37-24-5-3-19-25(32-24)17(18(28)13-29-19)11-22(33)27-8-6-26(7-9-27,15-38-27)30-12-16-2-4-21-20(10-16)31-23(34)14-39(21,35)36;/h2-5,10,13,22,30,33H,6-9,11-12,14-15H2,1H3,(H,31,34);1H. The lowest BCUT2D eigenvalue weighted by molar-refractivity contribution is -0.754. The van der Waals surface area contributed by atoms with Crippen molar-refractivity contribution in [2.24, 2.45) is 0 Å². The Morgan fingerprint density at radius 1 is 1.23 bits per heavy atom. The summed E-state index contributed by atoms with van der Waals surface area (Å²) in [5, 5.41) is 16.2. The maximum absolute atomic E-state index is 14.9. The number of carbonyl (C=O) groups excluding carboxylic acids is 1. The first-order valence-electron chi connectivity index (χ1n) is 12.9. The fraction of sp³-hybridized carbons (Fsp3) is 0.444.